The molecule has 3 saturated carbocycles. The highest BCUT2D eigenvalue weighted by molar-refractivity contribution is 5.87. The topological polar surface area (TPSA) is 105 Å². The van der Waals surface area contributed by atoms with E-state index in [1.165, 1.54) is 18.4 Å². The van der Waals surface area contributed by atoms with Gasteiger partial charge in [-0.1, -0.05) is 36.4 Å². The number of alkyl carbamates (subject to hydrolysis) is 1. The van der Waals surface area contributed by atoms with Crippen molar-refractivity contribution in [2.24, 2.45) is 5.92 Å². The summed E-state index contributed by atoms with van der Waals surface area (Å²) in [5.74, 6) is -0.0919. The molecule has 3 aliphatic carbocycles. The Balaban J connectivity index is 1.12. The van der Waals surface area contributed by atoms with Gasteiger partial charge in [-0.2, -0.15) is 0 Å². The molecule has 0 aliphatic heterocycles. The quantitative estimate of drug-likeness (QED) is 0.433. The minimum absolute atomic E-state index is 0.153. The zero-order chi connectivity index (χ0) is 27.1. The fourth-order valence-corrected chi connectivity index (χ4v) is 4.91. The van der Waals surface area contributed by atoms with Crippen LogP contribution in [0.1, 0.15) is 85.8 Å². The molecule has 2 N–H and O–H groups in total. The van der Waals surface area contributed by atoms with E-state index < -0.39 is 23.2 Å². The lowest BCUT2D eigenvalue weighted by atomic mass is 10.0. The smallest absolute Gasteiger partial charge is 0.410 e. The second-order valence-electron chi connectivity index (χ2n) is 11.9. The van der Waals surface area contributed by atoms with E-state index in [2.05, 4.69) is 17.4 Å². The number of ether oxygens (including phenoxy) is 2. The highest BCUT2D eigenvalue weighted by Crippen LogP contribution is 2.47. The SMILES string of the molecule is CC(C)(C)OC(=O)N(CC1CC1)[C@H]1CC1c1ccc(COC(=O)NC2(c3ccc(C(=O)O)cc3)CC2)cc1. The van der Waals surface area contributed by atoms with E-state index >= 15 is 0 Å². The molecule has 8 heteroatoms. The lowest BCUT2D eigenvalue weighted by molar-refractivity contribution is 0.0220. The molecule has 0 aromatic heterocycles. The third kappa shape index (κ3) is 6.29. The van der Waals surface area contributed by atoms with Gasteiger partial charge in [0, 0.05) is 18.5 Å². The van der Waals surface area contributed by atoms with Crippen LogP contribution in [0.3, 0.4) is 0 Å². The Bertz CT molecular complexity index is 1190. The average molecular weight is 521 g/mol. The molecule has 0 spiro atoms. The molecular weight excluding hydrogens is 484 g/mol. The number of nitrogens with zero attached hydrogens (tertiary/aromatic N) is 1. The first-order valence-corrected chi connectivity index (χ1v) is 13.4. The first-order valence-electron chi connectivity index (χ1n) is 13.4. The van der Waals surface area contributed by atoms with Gasteiger partial charge in [-0.3, -0.25) is 0 Å². The number of aromatic carboxylic acids is 1. The number of carbonyl (C=O) groups excluding carboxylic acids is 2. The van der Waals surface area contributed by atoms with Crippen molar-refractivity contribution in [2.75, 3.05) is 6.54 Å². The van der Waals surface area contributed by atoms with Crippen LogP contribution in [0, 0.1) is 5.92 Å². The number of amides is 2. The molecule has 1 unspecified atom stereocenters. The van der Waals surface area contributed by atoms with Crippen LogP contribution in [0.2, 0.25) is 0 Å². The predicted molar refractivity (Wildman–Crippen MR) is 141 cm³/mol. The molecule has 202 valence electrons. The van der Waals surface area contributed by atoms with Gasteiger partial charge < -0.3 is 24.8 Å². The first-order chi connectivity index (χ1) is 18.0. The van der Waals surface area contributed by atoms with Crippen molar-refractivity contribution in [3.63, 3.8) is 0 Å². The Kier molecular flexibility index (Phi) is 6.84. The zero-order valence-corrected chi connectivity index (χ0v) is 22.2. The van der Waals surface area contributed by atoms with Crippen molar-refractivity contribution in [2.45, 2.75) is 82.6 Å². The molecule has 0 heterocycles. The maximum absolute atomic E-state index is 12.8. The normalized spacial score (nSPS) is 21.2. The summed E-state index contributed by atoms with van der Waals surface area (Å²) in [5, 5.41) is 12.0. The van der Waals surface area contributed by atoms with Crippen molar-refractivity contribution in [1.29, 1.82) is 0 Å². The molecule has 0 radical (unpaired) electrons. The van der Waals surface area contributed by atoms with Crippen molar-refractivity contribution < 1.29 is 29.0 Å². The second kappa shape index (κ2) is 9.97. The summed E-state index contributed by atoms with van der Waals surface area (Å²) >= 11 is 0. The number of rotatable bonds is 9. The van der Waals surface area contributed by atoms with Crippen LogP contribution in [0.15, 0.2) is 48.5 Å². The summed E-state index contributed by atoms with van der Waals surface area (Å²) in [4.78, 5) is 38.4. The third-order valence-corrected chi connectivity index (χ3v) is 7.49. The van der Waals surface area contributed by atoms with E-state index in [0.717, 1.165) is 36.9 Å². The highest BCUT2D eigenvalue weighted by Gasteiger charge is 2.48. The Labute approximate surface area is 223 Å². The molecule has 0 saturated heterocycles. The van der Waals surface area contributed by atoms with Crippen LogP contribution in [-0.2, 0) is 21.6 Å². The van der Waals surface area contributed by atoms with Crippen LogP contribution < -0.4 is 5.32 Å². The Morgan fingerprint density at radius 1 is 1.03 bits per heavy atom. The lowest BCUT2D eigenvalue weighted by Gasteiger charge is -2.28. The van der Waals surface area contributed by atoms with Crippen LogP contribution >= 0.6 is 0 Å². The summed E-state index contributed by atoms with van der Waals surface area (Å²) < 4.78 is 11.2. The Hall–Kier alpha value is -3.55. The molecule has 38 heavy (non-hydrogen) atoms. The zero-order valence-electron chi connectivity index (χ0n) is 22.2. The monoisotopic (exact) mass is 520 g/mol. The third-order valence-electron chi connectivity index (χ3n) is 7.49. The van der Waals surface area contributed by atoms with E-state index in [9.17, 15) is 14.4 Å². The molecule has 3 fully saturated rings. The minimum atomic E-state index is -0.976. The highest BCUT2D eigenvalue weighted by atomic mass is 16.6. The summed E-state index contributed by atoms with van der Waals surface area (Å²) in [6.07, 6.45) is 4.14. The Morgan fingerprint density at radius 3 is 2.24 bits per heavy atom. The number of nitrogens with one attached hydrogen (secondary N) is 1. The van der Waals surface area contributed by atoms with Gasteiger partial charge in [0.2, 0.25) is 0 Å². The van der Waals surface area contributed by atoms with Crippen LogP contribution in [0.4, 0.5) is 9.59 Å². The summed E-state index contributed by atoms with van der Waals surface area (Å²) in [6, 6.07) is 14.8. The van der Waals surface area contributed by atoms with Gasteiger partial charge in [0.15, 0.2) is 0 Å². The standard InChI is InChI=1S/C30H36N2O6/c1-29(2,3)38-28(36)32(17-19-4-5-19)25-16-24(25)21-8-6-20(7-9-21)18-37-27(35)31-30(14-15-30)23-12-10-22(11-13-23)26(33)34/h6-13,19,24-25H,4-5,14-18H2,1-3H3,(H,31,35)(H,33,34)/t24?,25-/m0/s1. The molecular formula is C30H36N2O6. The molecule has 3 aliphatic rings. The number of benzene rings is 2. The molecule has 2 aromatic rings. The number of carboxylic acid groups (broad SMARTS) is 1. The van der Waals surface area contributed by atoms with Gasteiger partial charge in [0.05, 0.1) is 11.1 Å². The van der Waals surface area contributed by atoms with E-state index in [4.69, 9.17) is 14.6 Å². The fraction of sp³-hybridized carbons (Fsp3) is 0.500. The molecule has 2 aromatic carbocycles. The van der Waals surface area contributed by atoms with E-state index in [1.807, 2.05) is 37.8 Å². The number of carbonyl (C=O) groups is 3. The van der Waals surface area contributed by atoms with Crippen LogP contribution in [-0.4, -0.2) is 46.3 Å². The van der Waals surface area contributed by atoms with Crippen molar-refractivity contribution in [3.05, 3.63) is 70.8 Å². The lowest BCUT2D eigenvalue weighted by Crippen LogP contribution is -2.40. The average Bonchev–Trinajstić information content (AvgIpc) is 3.72. The first kappa shape index (κ1) is 26.1. The minimum Gasteiger partial charge on any atom is -0.478 e. The van der Waals surface area contributed by atoms with Gasteiger partial charge in [-0.05, 0) is 87.6 Å². The second-order valence-corrected chi connectivity index (χ2v) is 11.9. The maximum Gasteiger partial charge on any atom is 0.410 e. The summed E-state index contributed by atoms with van der Waals surface area (Å²) in [7, 11) is 0. The van der Waals surface area contributed by atoms with E-state index in [0.29, 0.717) is 11.8 Å². The molecule has 5 rings (SSSR count). The van der Waals surface area contributed by atoms with Gasteiger partial charge in [-0.25, -0.2) is 14.4 Å². The van der Waals surface area contributed by atoms with Gasteiger partial charge in [0.1, 0.15) is 12.2 Å². The van der Waals surface area contributed by atoms with Crippen molar-refractivity contribution >= 4 is 18.2 Å². The van der Waals surface area contributed by atoms with Crippen LogP contribution in [0.5, 0.6) is 0 Å². The van der Waals surface area contributed by atoms with Gasteiger partial charge >= 0.3 is 18.2 Å². The number of hydrogen-bond donors (Lipinski definition) is 2. The number of hydrogen-bond acceptors (Lipinski definition) is 5. The summed E-state index contributed by atoms with van der Waals surface area (Å²) in [6.45, 7) is 6.61. The maximum atomic E-state index is 12.8. The van der Waals surface area contributed by atoms with Crippen molar-refractivity contribution in [1.82, 2.24) is 10.2 Å². The largest absolute Gasteiger partial charge is 0.478 e. The predicted octanol–water partition coefficient (Wildman–Crippen LogP) is 5.80. The molecule has 8 nitrogen and oxygen atoms in total. The Morgan fingerprint density at radius 2 is 1.68 bits per heavy atom. The summed E-state index contributed by atoms with van der Waals surface area (Å²) in [5.41, 5.74) is 2.16. The van der Waals surface area contributed by atoms with Gasteiger partial charge in [0.25, 0.3) is 0 Å². The molecule has 2 atom stereocenters. The molecule has 2 amide bonds. The van der Waals surface area contributed by atoms with E-state index in [1.54, 1.807) is 24.3 Å². The molecule has 0 bridgehead atoms. The number of carboxylic acids is 1. The fourth-order valence-electron chi connectivity index (χ4n) is 4.91. The van der Waals surface area contributed by atoms with Crippen molar-refractivity contribution in [3.8, 4) is 0 Å². The van der Waals surface area contributed by atoms with Gasteiger partial charge in [-0.15, -0.1) is 0 Å². The van der Waals surface area contributed by atoms with E-state index in [-0.39, 0.29) is 24.3 Å². The van der Waals surface area contributed by atoms with Crippen LogP contribution in [0.25, 0.3) is 0 Å².